The highest BCUT2D eigenvalue weighted by Gasteiger charge is 1.99. The molecule has 0 atom stereocenters. The number of hydrogen-bond donors (Lipinski definition) is 1. The Bertz CT molecular complexity index is 461. The van der Waals surface area contributed by atoms with Crippen molar-refractivity contribution in [2.75, 3.05) is 0 Å². The lowest BCUT2D eigenvalue weighted by molar-refractivity contribution is 1.43. The SMILES string of the molecule is CC.Cc1cc(C#N)cc2[nH]ccc12. The number of aromatic nitrogens is 1. The Kier molecular flexibility index (Phi) is 3.30. The molecule has 1 heterocycles. The van der Waals surface area contributed by atoms with Crippen LogP contribution in [0.25, 0.3) is 10.9 Å². The monoisotopic (exact) mass is 186 g/mol. The number of rotatable bonds is 0. The van der Waals surface area contributed by atoms with Crippen LogP contribution in [0.15, 0.2) is 24.4 Å². The molecule has 14 heavy (non-hydrogen) atoms. The van der Waals surface area contributed by atoms with E-state index >= 15 is 0 Å². The first-order chi connectivity index (χ1) is 6.81. The number of benzene rings is 1. The number of hydrogen-bond acceptors (Lipinski definition) is 1. The van der Waals surface area contributed by atoms with Crippen LogP contribution in [-0.2, 0) is 0 Å². The van der Waals surface area contributed by atoms with E-state index in [2.05, 4.69) is 11.1 Å². The van der Waals surface area contributed by atoms with E-state index in [0.717, 1.165) is 11.1 Å². The Labute approximate surface area is 84.2 Å². The molecule has 2 aromatic rings. The third kappa shape index (κ3) is 1.77. The van der Waals surface area contributed by atoms with Crippen molar-refractivity contribution >= 4 is 10.9 Å². The van der Waals surface area contributed by atoms with Gasteiger partial charge < -0.3 is 4.98 Å². The average molecular weight is 186 g/mol. The van der Waals surface area contributed by atoms with Crippen LogP contribution in [0.1, 0.15) is 25.0 Å². The molecule has 0 saturated carbocycles. The van der Waals surface area contributed by atoms with Gasteiger partial charge in [0.2, 0.25) is 0 Å². The molecule has 2 nitrogen and oxygen atoms in total. The second-order valence-electron chi connectivity index (χ2n) is 2.84. The lowest BCUT2D eigenvalue weighted by atomic mass is 10.1. The minimum Gasteiger partial charge on any atom is -0.361 e. The van der Waals surface area contributed by atoms with Crippen molar-refractivity contribution in [2.24, 2.45) is 0 Å². The van der Waals surface area contributed by atoms with Gasteiger partial charge in [-0.15, -0.1) is 0 Å². The second-order valence-corrected chi connectivity index (χ2v) is 2.84. The van der Waals surface area contributed by atoms with E-state index in [0.29, 0.717) is 5.56 Å². The molecule has 0 radical (unpaired) electrons. The van der Waals surface area contributed by atoms with Crippen molar-refractivity contribution in [3.8, 4) is 6.07 Å². The van der Waals surface area contributed by atoms with Crippen molar-refractivity contribution in [3.63, 3.8) is 0 Å². The van der Waals surface area contributed by atoms with Gasteiger partial charge in [-0.05, 0) is 30.7 Å². The predicted octanol–water partition coefficient (Wildman–Crippen LogP) is 3.37. The van der Waals surface area contributed by atoms with Gasteiger partial charge in [-0.25, -0.2) is 0 Å². The van der Waals surface area contributed by atoms with E-state index in [1.807, 2.05) is 45.2 Å². The molecule has 0 aliphatic carbocycles. The number of aromatic amines is 1. The van der Waals surface area contributed by atoms with Gasteiger partial charge in [0.15, 0.2) is 0 Å². The first-order valence-electron chi connectivity index (χ1n) is 4.79. The highest BCUT2D eigenvalue weighted by atomic mass is 14.7. The Balaban J connectivity index is 0.000000461. The fourth-order valence-corrected chi connectivity index (χ4v) is 1.42. The minimum atomic E-state index is 0.711. The van der Waals surface area contributed by atoms with Gasteiger partial charge in [-0.3, -0.25) is 0 Å². The predicted molar refractivity (Wildman–Crippen MR) is 59.1 cm³/mol. The molecular weight excluding hydrogens is 172 g/mol. The summed E-state index contributed by atoms with van der Waals surface area (Å²) in [5.74, 6) is 0. The Hall–Kier alpha value is -1.75. The van der Waals surface area contributed by atoms with E-state index in [-0.39, 0.29) is 0 Å². The number of nitrogens with zero attached hydrogens (tertiary/aromatic N) is 1. The van der Waals surface area contributed by atoms with Gasteiger partial charge in [-0.1, -0.05) is 13.8 Å². The molecule has 2 rings (SSSR count). The van der Waals surface area contributed by atoms with Gasteiger partial charge in [0, 0.05) is 17.1 Å². The normalized spacial score (nSPS) is 9.00. The molecule has 0 aliphatic heterocycles. The van der Waals surface area contributed by atoms with Crippen LogP contribution in [0.3, 0.4) is 0 Å². The summed E-state index contributed by atoms with van der Waals surface area (Å²) >= 11 is 0. The van der Waals surface area contributed by atoms with Gasteiger partial charge >= 0.3 is 0 Å². The summed E-state index contributed by atoms with van der Waals surface area (Å²) in [6.07, 6.45) is 1.89. The number of nitriles is 1. The summed E-state index contributed by atoms with van der Waals surface area (Å²) in [5.41, 5.74) is 2.89. The van der Waals surface area contributed by atoms with Crippen molar-refractivity contribution in [2.45, 2.75) is 20.8 Å². The van der Waals surface area contributed by atoms with Crippen molar-refractivity contribution in [1.82, 2.24) is 4.98 Å². The van der Waals surface area contributed by atoms with Gasteiger partial charge in [0.25, 0.3) is 0 Å². The van der Waals surface area contributed by atoms with Crippen LogP contribution in [0, 0.1) is 18.3 Å². The zero-order chi connectivity index (χ0) is 10.6. The zero-order valence-corrected chi connectivity index (χ0v) is 8.76. The largest absolute Gasteiger partial charge is 0.361 e. The molecule has 2 heteroatoms. The maximum Gasteiger partial charge on any atom is 0.0992 e. The number of H-pyrrole nitrogens is 1. The highest BCUT2D eigenvalue weighted by Crippen LogP contribution is 2.18. The van der Waals surface area contributed by atoms with Crippen molar-refractivity contribution in [1.29, 1.82) is 5.26 Å². The second kappa shape index (κ2) is 4.48. The standard InChI is InChI=1S/C10H8N2.C2H6/c1-7-4-8(6-11)5-10-9(7)2-3-12-10;1-2/h2-5,12H,1H3;1-2H3. The molecule has 0 amide bonds. The third-order valence-electron chi connectivity index (χ3n) is 2.00. The highest BCUT2D eigenvalue weighted by molar-refractivity contribution is 5.84. The number of aryl methyl sites for hydroxylation is 1. The quantitative estimate of drug-likeness (QED) is 0.673. The van der Waals surface area contributed by atoms with E-state index in [1.165, 1.54) is 5.39 Å². The summed E-state index contributed by atoms with van der Waals surface area (Å²) in [6.45, 7) is 6.01. The van der Waals surface area contributed by atoms with E-state index in [1.54, 1.807) is 0 Å². The maximum atomic E-state index is 8.70. The molecule has 0 bridgehead atoms. The smallest absolute Gasteiger partial charge is 0.0992 e. The topological polar surface area (TPSA) is 39.6 Å². The fraction of sp³-hybridized carbons (Fsp3) is 0.250. The molecule has 0 spiro atoms. The summed E-state index contributed by atoms with van der Waals surface area (Å²) in [4.78, 5) is 3.08. The van der Waals surface area contributed by atoms with E-state index in [4.69, 9.17) is 5.26 Å². The Morgan fingerprint density at radius 1 is 1.29 bits per heavy atom. The molecule has 1 N–H and O–H groups in total. The summed E-state index contributed by atoms with van der Waals surface area (Å²) < 4.78 is 0. The first-order valence-corrected chi connectivity index (χ1v) is 4.79. The molecule has 72 valence electrons. The van der Waals surface area contributed by atoms with Gasteiger partial charge in [-0.2, -0.15) is 5.26 Å². The molecule has 0 aliphatic rings. The third-order valence-corrected chi connectivity index (χ3v) is 2.00. The minimum absolute atomic E-state index is 0.711. The van der Waals surface area contributed by atoms with Crippen molar-refractivity contribution in [3.05, 3.63) is 35.5 Å². The summed E-state index contributed by atoms with van der Waals surface area (Å²) in [6, 6.07) is 7.91. The number of nitrogens with one attached hydrogen (secondary N) is 1. The molecular formula is C12H14N2. The lowest BCUT2D eigenvalue weighted by Crippen LogP contribution is -1.79. The molecule has 1 aromatic carbocycles. The van der Waals surface area contributed by atoms with Crippen LogP contribution >= 0.6 is 0 Å². The van der Waals surface area contributed by atoms with E-state index in [9.17, 15) is 0 Å². The van der Waals surface area contributed by atoms with Gasteiger partial charge in [0.1, 0.15) is 0 Å². The van der Waals surface area contributed by atoms with Crippen LogP contribution < -0.4 is 0 Å². The molecule has 0 unspecified atom stereocenters. The van der Waals surface area contributed by atoms with Gasteiger partial charge in [0.05, 0.1) is 11.6 Å². The van der Waals surface area contributed by atoms with Crippen LogP contribution in [-0.4, -0.2) is 4.98 Å². The Morgan fingerprint density at radius 2 is 2.00 bits per heavy atom. The van der Waals surface area contributed by atoms with Crippen LogP contribution in [0.2, 0.25) is 0 Å². The maximum absolute atomic E-state index is 8.70. The van der Waals surface area contributed by atoms with Crippen molar-refractivity contribution < 1.29 is 0 Å². The van der Waals surface area contributed by atoms with Crippen LogP contribution in [0.4, 0.5) is 0 Å². The molecule has 0 fully saturated rings. The molecule has 0 saturated heterocycles. The fourth-order valence-electron chi connectivity index (χ4n) is 1.42. The average Bonchev–Trinajstić information content (AvgIpc) is 2.69. The molecule has 1 aromatic heterocycles. The lowest BCUT2D eigenvalue weighted by Gasteiger charge is -1.95. The summed E-state index contributed by atoms with van der Waals surface area (Å²) in [5, 5.41) is 9.88. The zero-order valence-electron chi connectivity index (χ0n) is 8.76. The first kappa shape index (κ1) is 10.3. The summed E-state index contributed by atoms with van der Waals surface area (Å²) in [7, 11) is 0. The van der Waals surface area contributed by atoms with E-state index < -0.39 is 0 Å². The van der Waals surface area contributed by atoms with Crippen LogP contribution in [0.5, 0.6) is 0 Å². The Morgan fingerprint density at radius 3 is 2.64 bits per heavy atom. The number of fused-ring (bicyclic) bond motifs is 1.